The molecule has 94 valence electrons. The zero-order valence-electron chi connectivity index (χ0n) is 10.9. The zero-order valence-corrected chi connectivity index (χ0v) is 11.6. The molecule has 0 aliphatic heterocycles. The molecule has 1 rings (SSSR count). The van der Waals surface area contributed by atoms with E-state index in [9.17, 15) is 4.79 Å². The van der Waals surface area contributed by atoms with Gasteiger partial charge in [-0.05, 0) is 45.6 Å². The van der Waals surface area contributed by atoms with E-state index in [0.717, 1.165) is 11.1 Å². The number of hydrogen-bond donors (Lipinski definition) is 0. The van der Waals surface area contributed by atoms with Crippen LogP contribution in [0.2, 0.25) is 5.02 Å². The zero-order chi connectivity index (χ0) is 13.2. The summed E-state index contributed by atoms with van der Waals surface area (Å²) < 4.78 is 5.32. The van der Waals surface area contributed by atoms with Crippen molar-refractivity contribution in [3.63, 3.8) is 0 Å². The van der Waals surface area contributed by atoms with E-state index in [1.54, 1.807) is 14.0 Å². The van der Waals surface area contributed by atoms with E-state index >= 15 is 0 Å². The number of halogens is 1. The largest absolute Gasteiger partial charge is 0.496 e. The normalized spacial score (nSPS) is 12.6. The van der Waals surface area contributed by atoms with Crippen LogP contribution in [0.4, 0.5) is 0 Å². The fraction of sp³-hybridized carbons (Fsp3) is 0.462. The number of ether oxygens (including phenoxy) is 1. The third-order valence-corrected chi connectivity index (χ3v) is 3.11. The number of Topliss-reactive ketones (excluding diaryl/α,β-unsaturated/α-hetero) is 1. The van der Waals surface area contributed by atoms with E-state index in [2.05, 4.69) is 0 Å². The molecule has 0 fully saturated rings. The van der Waals surface area contributed by atoms with Gasteiger partial charge in [0.25, 0.3) is 0 Å². The summed E-state index contributed by atoms with van der Waals surface area (Å²) >= 11 is 6.11. The number of hydrogen-bond acceptors (Lipinski definition) is 3. The molecule has 17 heavy (non-hydrogen) atoms. The Hall–Kier alpha value is -1.06. The molecular formula is C13H18ClNO2. The first-order valence-corrected chi connectivity index (χ1v) is 5.77. The monoisotopic (exact) mass is 255 g/mol. The highest BCUT2D eigenvalue weighted by Gasteiger charge is 2.23. The number of ketones is 1. The molecule has 0 bridgehead atoms. The van der Waals surface area contributed by atoms with E-state index in [-0.39, 0.29) is 11.8 Å². The maximum atomic E-state index is 11.7. The fourth-order valence-corrected chi connectivity index (χ4v) is 2.09. The Bertz CT molecular complexity index is 430. The van der Waals surface area contributed by atoms with Crippen LogP contribution >= 0.6 is 11.6 Å². The minimum Gasteiger partial charge on any atom is -0.496 e. The minimum absolute atomic E-state index is 0.0632. The molecule has 4 heteroatoms. The van der Waals surface area contributed by atoms with Crippen LogP contribution in [0.15, 0.2) is 12.1 Å². The average molecular weight is 256 g/mol. The highest BCUT2D eigenvalue weighted by Crippen LogP contribution is 2.33. The lowest BCUT2D eigenvalue weighted by molar-refractivity contribution is -0.121. The number of likely N-dealkylation sites (N-methyl/N-ethyl adjacent to an activating group) is 1. The molecule has 3 nitrogen and oxygen atoms in total. The van der Waals surface area contributed by atoms with Crippen LogP contribution in [0.3, 0.4) is 0 Å². The number of benzene rings is 1. The van der Waals surface area contributed by atoms with Gasteiger partial charge in [0.15, 0.2) is 5.78 Å². The van der Waals surface area contributed by atoms with Crippen molar-refractivity contribution >= 4 is 17.4 Å². The predicted molar refractivity (Wildman–Crippen MR) is 69.9 cm³/mol. The SMILES string of the molecule is COc1cc(C)c(Cl)cc1C(C(C)=O)N(C)C. The van der Waals surface area contributed by atoms with Crippen molar-refractivity contribution in [2.24, 2.45) is 0 Å². The van der Waals surface area contributed by atoms with Crippen LogP contribution in [0.25, 0.3) is 0 Å². The molecule has 1 aromatic carbocycles. The highest BCUT2D eigenvalue weighted by atomic mass is 35.5. The van der Waals surface area contributed by atoms with Crippen molar-refractivity contribution in [2.45, 2.75) is 19.9 Å². The van der Waals surface area contributed by atoms with Gasteiger partial charge in [0.2, 0.25) is 0 Å². The second-order valence-corrected chi connectivity index (χ2v) is 4.73. The number of carbonyl (C=O) groups excluding carboxylic acids is 1. The number of carbonyl (C=O) groups is 1. The van der Waals surface area contributed by atoms with Gasteiger partial charge in [0, 0.05) is 10.6 Å². The molecule has 0 aromatic heterocycles. The molecule has 1 aromatic rings. The highest BCUT2D eigenvalue weighted by molar-refractivity contribution is 6.31. The topological polar surface area (TPSA) is 29.5 Å². The maximum absolute atomic E-state index is 11.7. The summed E-state index contributed by atoms with van der Waals surface area (Å²) in [6.45, 7) is 3.48. The average Bonchev–Trinajstić information content (AvgIpc) is 2.22. The molecule has 0 amide bonds. The standard InChI is InChI=1S/C13H18ClNO2/c1-8-6-12(17-5)10(7-11(8)14)13(9(2)16)15(3)4/h6-7,13H,1-5H3. The Balaban J connectivity index is 3.36. The lowest BCUT2D eigenvalue weighted by Gasteiger charge is -2.24. The van der Waals surface area contributed by atoms with Crippen LogP contribution < -0.4 is 4.74 Å². The van der Waals surface area contributed by atoms with Gasteiger partial charge in [-0.1, -0.05) is 11.6 Å². The van der Waals surface area contributed by atoms with Gasteiger partial charge in [-0.25, -0.2) is 0 Å². The fourth-order valence-electron chi connectivity index (χ4n) is 1.92. The summed E-state index contributed by atoms with van der Waals surface area (Å²) in [5.41, 5.74) is 1.74. The summed E-state index contributed by atoms with van der Waals surface area (Å²) in [6.07, 6.45) is 0. The van der Waals surface area contributed by atoms with Crippen molar-refractivity contribution in [1.82, 2.24) is 4.90 Å². The molecule has 1 atom stereocenters. The van der Waals surface area contributed by atoms with E-state index < -0.39 is 0 Å². The van der Waals surface area contributed by atoms with Gasteiger partial charge >= 0.3 is 0 Å². The summed E-state index contributed by atoms with van der Waals surface area (Å²) in [6, 6.07) is 3.34. The molecule has 0 aliphatic rings. The quantitative estimate of drug-likeness (QED) is 0.829. The molecule has 0 radical (unpaired) electrons. The van der Waals surface area contributed by atoms with Crippen LogP contribution in [-0.4, -0.2) is 31.9 Å². The maximum Gasteiger partial charge on any atom is 0.151 e. The Morgan fingerprint density at radius 1 is 1.41 bits per heavy atom. The Morgan fingerprint density at radius 3 is 2.41 bits per heavy atom. The van der Waals surface area contributed by atoms with Gasteiger partial charge in [0.1, 0.15) is 5.75 Å². The number of rotatable bonds is 4. The van der Waals surface area contributed by atoms with E-state index in [1.807, 2.05) is 38.1 Å². The summed E-state index contributed by atoms with van der Waals surface area (Å²) in [5.74, 6) is 0.758. The first kappa shape index (κ1) is 14.0. The molecule has 0 N–H and O–H groups in total. The third-order valence-electron chi connectivity index (χ3n) is 2.71. The Labute approximate surface area is 107 Å². The summed E-state index contributed by atoms with van der Waals surface area (Å²) in [4.78, 5) is 13.6. The van der Waals surface area contributed by atoms with Gasteiger partial charge in [-0.15, -0.1) is 0 Å². The molecule has 1 unspecified atom stereocenters. The van der Waals surface area contributed by atoms with Crippen LogP contribution in [-0.2, 0) is 4.79 Å². The first-order valence-electron chi connectivity index (χ1n) is 5.39. The predicted octanol–water partition coefficient (Wildman–Crippen LogP) is 2.85. The van der Waals surface area contributed by atoms with Crippen LogP contribution in [0.1, 0.15) is 24.1 Å². The van der Waals surface area contributed by atoms with Crippen molar-refractivity contribution in [3.8, 4) is 5.75 Å². The smallest absolute Gasteiger partial charge is 0.151 e. The lowest BCUT2D eigenvalue weighted by atomic mass is 10.00. The molecule has 0 heterocycles. The Kier molecular flexibility index (Phi) is 4.54. The van der Waals surface area contributed by atoms with Crippen LogP contribution in [0, 0.1) is 6.92 Å². The number of methoxy groups -OCH3 is 1. The van der Waals surface area contributed by atoms with Gasteiger partial charge in [-0.2, -0.15) is 0 Å². The van der Waals surface area contributed by atoms with E-state index in [0.29, 0.717) is 10.8 Å². The summed E-state index contributed by atoms with van der Waals surface area (Å²) in [5, 5.41) is 0.647. The van der Waals surface area contributed by atoms with Crippen LogP contribution in [0.5, 0.6) is 5.75 Å². The molecule has 0 saturated heterocycles. The molecule has 0 aliphatic carbocycles. The first-order chi connectivity index (χ1) is 7.88. The Morgan fingerprint density at radius 2 is 2.00 bits per heavy atom. The minimum atomic E-state index is -0.331. The summed E-state index contributed by atoms with van der Waals surface area (Å²) in [7, 11) is 5.32. The van der Waals surface area contributed by atoms with E-state index in [4.69, 9.17) is 16.3 Å². The van der Waals surface area contributed by atoms with Crippen molar-refractivity contribution < 1.29 is 9.53 Å². The molecule has 0 spiro atoms. The van der Waals surface area contributed by atoms with Gasteiger partial charge < -0.3 is 4.74 Å². The van der Waals surface area contributed by atoms with E-state index in [1.165, 1.54) is 0 Å². The third kappa shape index (κ3) is 2.99. The van der Waals surface area contributed by atoms with Gasteiger partial charge in [-0.3, -0.25) is 9.69 Å². The van der Waals surface area contributed by atoms with Gasteiger partial charge in [0.05, 0.1) is 13.2 Å². The van der Waals surface area contributed by atoms with Crippen molar-refractivity contribution in [2.75, 3.05) is 21.2 Å². The molecular weight excluding hydrogens is 238 g/mol. The number of nitrogens with zero attached hydrogens (tertiary/aromatic N) is 1. The number of aryl methyl sites for hydroxylation is 1. The second-order valence-electron chi connectivity index (χ2n) is 4.32. The molecule has 0 saturated carbocycles. The second kappa shape index (κ2) is 5.52. The lowest BCUT2D eigenvalue weighted by Crippen LogP contribution is -2.26. The van der Waals surface area contributed by atoms with Crippen molar-refractivity contribution in [1.29, 1.82) is 0 Å². The van der Waals surface area contributed by atoms with Crippen molar-refractivity contribution in [3.05, 3.63) is 28.3 Å².